The van der Waals surface area contributed by atoms with E-state index in [9.17, 15) is 9.59 Å². The molecule has 2 N–H and O–H groups in total. The summed E-state index contributed by atoms with van der Waals surface area (Å²) < 4.78 is 1.65. The van der Waals surface area contributed by atoms with Gasteiger partial charge in [-0.1, -0.05) is 12.1 Å². The Balaban J connectivity index is 1.46. The zero-order valence-electron chi connectivity index (χ0n) is 13.8. The number of likely N-dealkylation sites (tertiary alicyclic amines) is 1. The monoisotopic (exact) mass is 340 g/mol. The second-order valence-electron chi connectivity index (χ2n) is 6.53. The van der Waals surface area contributed by atoms with Crippen molar-refractivity contribution in [3.05, 3.63) is 42.5 Å². The third-order valence-electron chi connectivity index (χ3n) is 4.76. The van der Waals surface area contributed by atoms with Crippen molar-refractivity contribution < 1.29 is 9.59 Å². The molecular formula is C17H20N6O2. The van der Waals surface area contributed by atoms with E-state index in [1.165, 1.54) is 6.33 Å². The molecule has 0 unspecified atom stereocenters. The summed E-state index contributed by atoms with van der Waals surface area (Å²) >= 11 is 0. The number of rotatable bonds is 3. The molecule has 1 saturated heterocycles. The number of amides is 2. The Morgan fingerprint density at radius 1 is 1.28 bits per heavy atom. The van der Waals surface area contributed by atoms with E-state index in [0.29, 0.717) is 31.6 Å². The lowest BCUT2D eigenvalue weighted by Gasteiger charge is -2.46. The molecule has 0 radical (unpaired) electrons. The minimum Gasteiger partial charge on any atom is -0.361 e. The maximum atomic E-state index is 12.6. The van der Waals surface area contributed by atoms with Gasteiger partial charge in [0.05, 0.1) is 18.7 Å². The summed E-state index contributed by atoms with van der Waals surface area (Å²) in [4.78, 5) is 30.7. The van der Waals surface area contributed by atoms with Crippen molar-refractivity contribution >= 4 is 17.5 Å². The van der Waals surface area contributed by atoms with Gasteiger partial charge < -0.3 is 15.5 Å². The van der Waals surface area contributed by atoms with Crippen LogP contribution in [0.3, 0.4) is 0 Å². The smallest absolute Gasteiger partial charge is 0.255 e. The van der Waals surface area contributed by atoms with Gasteiger partial charge >= 0.3 is 0 Å². The van der Waals surface area contributed by atoms with Crippen LogP contribution in [0.4, 0.5) is 5.69 Å². The lowest BCUT2D eigenvalue weighted by atomic mass is 9.93. The van der Waals surface area contributed by atoms with Crippen LogP contribution in [0.1, 0.15) is 29.6 Å². The third kappa shape index (κ3) is 3.07. The van der Waals surface area contributed by atoms with Crippen LogP contribution >= 0.6 is 0 Å². The minimum absolute atomic E-state index is 0.0597. The number of aryl methyl sites for hydroxylation is 1. The molecule has 1 aromatic heterocycles. The van der Waals surface area contributed by atoms with Crippen molar-refractivity contribution in [1.29, 1.82) is 0 Å². The molecule has 8 nitrogen and oxygen atoms in total. The van der Waals surface area contributed by atoms with E-state index in [4.69, 9.17) is 0 Å². The standard InChI is InChI=1S/C17H20N6O2/c24-15(6-9-23-12-18-11-19-23)22-8-3-7-17(10-22)20-14-5-2-1-4-13(14)16(25)21-17/h1-2,4-5,11-12,20H,3,6-10H2,(H,21,25)/t17-/m0/s1. The molecule has 0 bridgehead atoms. The Morgan fingerprint density at radius 3 is 3.00 bits per heavy atom. The van der Waals surface area contributed by atoms with Crippen LogP contribution in [0, 0.1) is 0 Å². The largest absolute Gasteiger partial charge is 0.361 e. The lowest BCUT2D eigenvalue weighted by Crippen LogP contribution is -2.66. The minimum atomic E-state index is -0.591. The van der Waals surface area contributed by atoms with E-state index < -0.39 is 5.66 Å². The number of nitrogens with one attached hydrogen (secondary N) is 2. The van der Waals surface area contributed by atoms with Gasteiger partial charge in [-0.25, -0.2) is 4.98 Å². The van der Waals surface area contributed by atoms with Gasteiger partial charge in [0.2, 0.25) is 5.91 Å². The number of carbonyl (C=O) groups excluding carboxylic acids is 2. The molecule has 2 amide bonds. The molecule has 1 fully saturated rings. The second-order valence-corrected chi connectivity index (χ2v) is 6.53. The average molecular weight is 340 g/mol. The fraction of sp³-hybridized carbons (Fsp3) is 0.412. The maximum absolute atomic E-state index is 12.6. The van der Waals surface area contributed by atoms with Crippen molar-refractivity contribution in [2.24, 2.45) is 0 Å². The molecule has 0 aliphatic carbocycles. The number of para-hydroxylation sites is 1. The molecule has 2 aromatic rings. The van der Waals surface area contributed by atoms with Gasteiger partial charge in [-0.3, -0.25) is 14.3 Å². The fourth-order valence-electron chi connectivity index (χ4n) is 3.55. The van der Waals surface area contributed by atoms with Crippen LogP contribution < -0.4 is 10.6 Å². The number of piperidine rings is 1. The van der Waals surface area contributed by atoms with E-state index in [-0.39, 0.29) is 11.8 Å². The predicted octanol–water partition coefficient (Wildman–Crippen LogP) is 0.842. The van der Waals surface area contributed by atoms with Gasteiger partial charge in [0.15, 0.2) is 0 Å². The first kappa shape index (κ1) is 15.6. The Kier molecular flexibility index (Phi) is 3.87. The number of hydrogen-bond acceptors (Lipinski definition) is 5. The van der Waals surface area contributed by atoms with Gasteiger partial charge in [-0.2, -0.15) is 5.10 Å². The molecule has 4 rings (SSSR count). The van der Waals surface area contributed by atoms with Crippen molar-refractivity contribution in [1.82, 2.24) is 25.0 Å². The maximum Gasteiger partial charge on any atom is 0.255 e. The number of anilines is 1. The van der Waals surface area contributed by atoms with E-state index in [2.05, 4.69) is 20.7 Å². The number of hydrogen-bond donors (Lipinski definition) is 2. The zero-order chi connectivity index (χ0) is 17.3. The SMILES string of the molecule is O=C1N[C@]2(CCCN(C(=O)CCn3cncn3)C2)Nc2ccccc21. The summed E-state index contributed by atoms with van der Waals surface area (Å²) in [7, 11) is 0. The first-order valence-electron chi connectivity index (χ1n) is 8.45. The summed E-state index contributed by atoms with van der Waals surface area (Å²) in [6, 6.07) is 7.45. The number of nitrogens with zero attached hydrogens (tertiary/aromatic N) is 4. The first-order valence-corrected chi connectivity index (χ1v) is 8.45. The highest BCUT2D eigenvalue weighted by atomic mass is 16.2. The van der Waals surface area contributed by atoms with Gasteiger partial charge in [-0.15, -0.1) is 0 Å². The molecular weight excluding hydrogens is 320 g/mol. The molecule has 8 heteroatoms. The summed E-state index contributed by atoms with van der Waals surface area (Å²) in [5.74, 6) is -0.0317. The third-order valence-corrected chi connectivity index (χ3v) is 4.76. The Bertz CT molecular complexity index is 790. The Labute approximate surface area is 145 Å². The Morgan fingerprint density at radius 2 is 2.16 bits per heavy atom. The summed E-state index contributed by atoms with van der Waals surface area (Å²) in [5, 5.41) is 10.5. The van der Waals surface area contributed by atoms with Crippen molar-refractivity contribution in [3.8, 4) is 0 Å². The first-order chi connectivity index (χ1) is 12.2. The number of carbonyl (C=O) groups is 2. The van der Waals surface area contributed by atoms with Gasteiger partial charge in [-0.05, 0) is 25.0 Å². The van der Waals surface area contributed by atoms with E-state index in [0.717, 1.165) is 18.5 Å². The summed E-state index contributed by atoms with van der Waals surface area (Å²) in [6.45, 7) is 1.67. The van der Waals surface area contributed by atoms with Crippen molar-refractivity contribution in [3.63, 3.8) is 0 Å². The molecule has 130 valence electrons. The molecule has 25 heavy (non-hydrogen) atoms. The molecule has 2 aliphatic rings. The molecule has 0 saturated carbocycles. The predicted molar refractivity (Wildman–Crippen MR) is 90.7 cm³/mol. The molecule has 1 atom stereocenters. The van der Waals surface area contributed by atoms with Crippen LogP contribution in [0.5, 0.6) is 0 Å². The quantitative estimate of drug-likeness (QED) is 0.864. The second kappa shape index (κ2) is 6.19. The van der Waals surface area contributed by atoms with Gasteiger partial charge in [0.1, 0.15) is 18.3 Å². The van der Waals surface area contributed by atoms with Crippen molar-refractivity contribution in [2.75, 3.05) is 18.4 Å². The molecule has 2 aliphatic heterocycles. The highest BCUT2D eigenvalue weighted by molar-refractivity contribution is 6.02. The van der Waals surface area contributed by atoms with Crippen molar-refractivity contribution in [2.45, 2.75) is 31.5 Å². The topological polar surface area (TPSA) is 92.2 Å². The normalized spacial score (nSPS) is 22.2. The highest BCUT2D eigenvalue weighted by Crippen LogP contribution is 2.30. The summed E-state index contributed by atoms with van der Waals surface area (Å²) in [6.07, 6.45) is 5.05. The average Bonchev–Trinajstić information content (AvgIpc) is 3.13. The van der Waals surface area contributed by atoms with Crippen LogP contribution in [-0.4, -0.2) is 50.2 Å². The number of aromatic nitrogens is 3. The highest BCUT2D eigenvalue weighted by Gasteiger charge is 2.41. The fourth-order valence-corrected chi connectivity index (χ4v) is 3.55. The summed E-state index contributed by atoms with van der Waals surface area (Å²) in [5.41, 5.74) is 0.873. The van der Waals surface area contributed by atoms with E-state index in [1.54, 1.807) is 17.1 Å². The van der Waals surface area contributed by atoms with E-state index in [1.807, 2.05) is 23.1 Å². The molecule has 3 heterocycles. The number of fused-ring (bicyclic) bond motifs is 1. The van der Waals surface area contributed by atoms with Crippen LogP contribution in [0.2, 0.25) is 0 Å². The lowest BCUT2D eigenvalue weighted by molar-refractivity contribution is -0.133. The van der Waals surface area contributed by atoms with Crippen LogP contribution in [-0.2, 0) is 11.3 Å². The Hall–Kier alpha value is -2.90. The molecule has 1 spiro atoms. The van der Waals surface area contributed by atoms with Gasteiger partial charge in [0, 0.05) is 18.7 Å². The molecule has 1 aromatic carbocycles. The van der Waals surface area contributed by atoms with Gasteiger partial charge in [0.25, 0.3) is 5.91 Å². The van der Waals surface area contributed by atoms with Crippen LogP contribution in [0.25, 0.3) is 0 Å². The van der Waals surface area contributed by atoms with E-state index >= 15 is 0 Å². The zero-order valence-corrected chi connectivity index (χ0v) is 13.8. The number of benzene rings is 1. The van der Waals surface area contributed by atoms with Crippen LogP contribution in [0.15, 0.2) is 36.9 Å².